The minimum atomic E-state index is 0.606. The number of benzene rings is 1. The fourth-order valence-electron chi connectivity index (χ4n) is 1.91. The molecule has 1 rings (SSSR count). The molecule has 0 amide bonds. The molecule has 0 saturated heterocycles. The lowest BCUT2D eigenvalue weighted by Crippen LogP contribution is -2.17. The van der Waals surface area contributed by atoms with Crippen LogP contribution in [0.3, 0.4) is 0 Å². The van der Waals surface area contributed by atoms with E-state index >= 15 is 0 Å². The van der Waals surface area contributed by atoms with Gasteiger partial charge in [-0.3, -0.25) is 0 Å². The standard InChI is InChI=1S/C15H23N/c1-4-13(2)10-11-15(12-16-3)14-8-6-5-7-9-14/h5-9,15-16H,2,4,10-12H2,1,3H3. The maximum atomic E-state index is 4.08. The Balaban J connectivity index is 2.57. The van der Waals surface area contributed by atoms with Gasteiger partial charge >= 0.3 is 0 Å². The van der Waals surface area contributed by atoms with Crippen LogP contribution in [0.15, 0.2) is 42.5 Å². The summed E-state index contributed by atoms with van der Waals surface area (Å²) in [6.45, 7) is 7.30. The quantitative estimate of drug-likeness (QED) is 0.686. The SMILES string of the molecule is C=C(CC)CCC(CNC)c1ccccc1. The fourth-order valence-corrected chi connectivity index (χ4v) is 1.91. The van der Waals surface area contributed by atoms with Gasteiger partial charge in [-0.05, 0) is 37.8 Å². The molecule has 0 fully saturated rings. The van der Waals surface area contributed by atoms with E-state index < -0.39 is 0 Å². The molecule has 88 valence electrons. The molecule has 0 aliphatic carbocycles. The second-order valence-electron chi connectivity index (χ2n) is 4.31. The van der Waals surface area contributed by atoms with Gasteiger partial charge in [-0.1, -0.05) is 49.4 Å². The minimum absolute atomic E-state index is 0.606. The van der Waals surface area contributed by atoms with Crippen molar-refractivity contribution in [3.8, 4) is 0 Å². The number of likely N-dealkylation sites (N-methyl/N-ethyl adjacent to an activating group) is 1. The van der Waals surface area contributed by atoms with Gasteiger partial charge in [0, 0.05) is 6.54 Å². The molecule has 0 aromatic heterocycles. The van der Waals surface area contributed by atoms with Crippen LogP contribution in [0.5, 0.6) is 0 Å². The van der Waals surface area contributed by atoms with Gasteiger partial charge in [-0.15, -0.1) is 0 Å². The summed E-state index contributed by atoms with van der Waals surface area (Å²) < 4.78 is 0. The predicted octanol–water partition coefficient (Wildman–Crippen LogP) is 3.74. The highest BCUT2D eigenvalue weighted by molar-refractivity contribution is 5.20. The second kappa shape index (κ2) is 7.24. The maximum Gasteiger partial charge on any atom is 0.00172 e. The Labute approximate surface area is 99.6 Å². The van der Waals surface area contributed by atoms with Crippen LogP contribution >= 0.6 is 0 Å². The highest BCUT2D eigenvalue weighted by Gasteiger charge is 2.10. The maximum absolute atomic E-state index is 4.08. The highest BCUT2D eigenvalue weighted by atomic mass is 14.8. The van der Waals surface area contributed by atoms with Crippen LogP contribution < -0.4 is 5.32 Å². The Hall–Kier alpha value is -1.08. The molecule has 0 heterocycles. The zero-order valence-electron chi connectivity index (χ0n) is 10.5. The molecule has 0 radical (unpaired) electrons. The van der Waals surface area contributed by atoms with E-state index in [0.29, 0.717) is 5.92 Å². The summed E-state index contributed by atoms with van der Waals surface area (Å²) in [5.41, 5.74) is 2.79. The summed E-state index contributed by atoms with van der Waals surface area (Å²) >= 11 is 0. The summed E-state index contributed by atoms with van der Waals surface area (Å²) in [4.78, 5) is 0. The van der Waals surface area contributed by atoms with Crippen molar-refractivity contribution in [2.24, 2.45) is 0 Å². The molecule has 0 saturated carbocycles. The van der Waals surface area contributed by atoms with Gasteiger partial charge in [0.05, 0.1) is 0 Å². The van der Waals surface area contributed by atoms with E-state index in [9.17, 15) is 0 Å². The third-order valence-electron chi connectivity index (χ3n) is 3.07. The number of rotatable bonds is 7. The van der Waals surface area contributed by atoms with Crippen LogP contribution in [-0.2, 0) is 0 Å². The Kier molecular flexibility index (Phi) is 5.87. The smallest absolute Gasteiger partial charge is 0.00172 e. The van der Waals surface area contributed by atoms with Gasteiger partial charge < -0.3 is 5.32 Å². The molecule has 16 heavy (non-hydrogen) atoms. The first kappa shape index (κ1) is 13.0. The zero-order chi connectivity index (χ0) is 11.8. The van der Waals surface area contributed by atoms with Gasteiger partial charge in [-0.25, -0.2) is 0 Å². The van der Waals surface area contributed by atoms with Crippen molar-refractivity contribution in [1.29, 1.82) is 0 Å². The van der Waals surface area contributed by atoms with E-state index in [4.69, 9.17) is 0 Å². The zero-order valence-corrected chi connectivity index (χ0v) is 10.5. The summed E-state index contributed by atoms with van der Waals surface area (Å²) in [5, 5.41) is 3.28. The molecular weight excluding hydrogens is 194 g/mol. The van der Waals surface area contributed by atoms with Gasteiger partial charge in [0.2, 0.25) is 0 Å². The lowest BCUT2D eigenvalue weighted by atomic mass is 9.92. The Morgan fingerprint density at radius 3 is 2.56 bits per heavy atom. The number of hydrogen-bond donors (Lipinski definition) is 1. The molecule has 0 aliphatic rings. The summed E-state index contributed by atoms with van der Waals surface area (Å²) in [5.74, 6) is 0.606. The van der Waals surface area contributed by atoms with Gasteiger partial charge in [-0.2, -0.15) is 0 Å². The van der Waals surface area contributed by atoms with Gasteiger partial charge in [0.15, 0.2) is 0 Å². The number of nitrogens with one attached hydrogen (secondary N) is 1. The van der Waals surface area contributed by atoms with E-state index in [-0.39, 0.29) is 0 Å². The molecule has 1 aromatic carbocycles. The van der Waals surface area contributed by atoms with Crippen LogP contribution in [0.2, 0.25) is 0 Å². The van der Waals surface area contributed by atoms with Crippen LogP contribution in [0, 0.1) is 0 Å². The van der Waals surface area contributed by atoms with E-state index in [1.54, 1.807) is 0 Å². The van der Waals surface area contributed by atoms with Crippen LogP contribution in [-0.4, -0.2) is 13.6 Å². The van der Waals surface area contributed by atoms with E-state index in [0.717, 1.165) is 19.4 Å². The first-order valence-electron chi connectivity index (χ1n) is 6.14. The molecule has 1 unspecified atom stereocenters. The van der Waals surface area contributed by atoms with Crippen LogP contribution in [0.1, 0.15) is 37.7 Å². The first-order valence-corrected chi connectivity index (χ1v) is 6.14. The van der Waals surface area contributed by atoms with Crippen molar-refractivity contribution in [1.82, 2.24) is 5.32 Å². The summed E-state index contributed by atoms with van der Waals surface area (Å²) in [6, 6.07) is 10.7. The average Bonchev–Trinajstić information content (AvgIpc) is 2.35. The molecule has 1 aromatic rings. The Bertz CT molecular complexity index is 302. The van der Waals surface area contributed by atoms with Crippen molar-refractivity contribution < 1.29 is 0 Å². The lowest BCUT2D eigenvalue weighted by molar-refractivity contribution is 0.579. The molecule has 1 heteroatoms. The average molecular weight is 217 g/mol. The normalized spacial score (nSPS) is 12.4. The monoisotopic (exact) mass is 217 g/mol. The van der Waals surface area contributed by atoms with Crippen LogP contribution in [0.25, 0.3) is 0 Å². The molecule has 0 spiro atoms. The Morgan fingerprint density at radius 1 is 1.31 bits per heavy atom. The van der Waals surface area contributed by atoms with E-state index in [1.165, 1.54) is 17.6 Å². The third-order valence-corrected chi connectivity index (χ3v) is 3.07. The predicted molar refractivity (Wildman–Crippen MR) is 71.8 cm³/mol. The molecule has 1 atom stereocenters. The van der Waals surface area contributed by atoms with Crippen molar-refractivity contribution in [3.05, 3.63) is 48.0 Å². The number of allylic oxidation sites excluding steroid dienone is 1. The number of hydrogen-bond acceptors (Lipinski definition) is 1. The molecular formula is C15H23N. The molecule has 0 bridgehead atoms. The summed E-state index contributed by atoms with van der Waals surface area (Å²) in [7, 11) is 2.02. The van der Waals surface area contributed by atoms with E-state index in [2.05, 4.69) is 49.2 Å². The molecule has 0 aliphatic heterocycles. The minimum Gasteiger partial charge on any atom is -0.319 e. The third kappa shape index (κ3) is 4.19. The second-order valence-corrected chi connectivity index (χ2v) is 4.31. The lowest BCUT2D eigenvalue weighted by Gasteiger charge is -2.17. The Morgan fingerprint density at radius 2 is 2.00 bits per heavy atom. The highest BCUT2D eigenvalue weighted by Crippen LogP contribution is 2.22. The van der Waals surface area contributed by atoms with Crippen molar-refractivity contribution in [2.75, 3.05) is 13.6 Å². The van der Waals surface area contributed by atoms with Crippen molar-refractivity contribution in [2.45, 2.75) is 32.1 Å². The van der Waals surface area contributed by atoms with Crippen LogP contribution in [0.4, 0.5) is 0 Å². The summed E-state index contributed by atoms with van der Waals surface area (Å²) in [6.07, 6.45) is 3.43. The topological polar surface area (TPSA) is 12.0 Å². The van der Waals surface area contributed by atoms with E-state index in [1.807, 2.05) is 7.05 Å². The van der Waals surface area contributed by atoms with Gasteiger partial charge in [0.1, 0.15) is 0 Å². The van der Waals surface area contributed by atoms with Gasteiger partial charge in [0.25, 0.3) is 0 Å². The molecule has 1 N–H and O–H groups in total. The van der Waals surface area contributed by atoms with Crippen molar-refractivity contribution in [3.63, 3.8) is 0 Å². The largest absolute Gasteiger partial charge is 0.319 e. The first-order chi connectivity index (χ1) is 7.77. The fraction of sp³-hybridized carbons (Fsp3) is 0.467. The molecule has 1 nitrogen and oxygen atoms in total. The van der Waals surface area contributed by atoms with Crippen molar-refractivity contribution >= 4 is 0 Å².